The topological polar surface area (TPSA) is 35.6 Å². The molecule has 4 heteroatoms. The van der Waals surface area contributed by atoms with Crippen LogP contribution in [0.25, 0.3) is 6.08 Å². The zero-order chi connectivity index (χ0) is 18.2. The summed E-state index contributed by atoms with van der Waals surface area (Å²) in [6, 6.07) is 18.3. The minimum Gasteiger partial charge on any atom is -0.325 e. The molecule has 1 aliphatic rings. The third kappa shape index (κ3) is 5.83. The Kier molecular flexibility index (Phi) is 6.58. The molecule has 1 amide bonds. The summed E-state index contributed by atoms with van der Waals surface area (Å²) in [7, 11) is 0. The summed E-state index contributed by atoms with van der Waals surface area (Å²) in [5.41, 5.74) is 3.30. The third-order valence-electron chi connectivity index (χ3n) is 4.64. The molecule has 1 heterocycles. The molecule has 0 saturated carbocycles. The van der Waals surface area contributed by atoms with Crippen LogP contribution in [0.15, 0.2) is 60.7 Å². The molecule has 1 aliphatic heterocycles. The van der Waals surface area contributed by atoms with E-state index in [1.165, 1.54) is 11.1 Å². The molecule has 1 saturated heterocycles. The van der Waals surface area contributed by atoms with Crippen molar-refractivity contribution in [3.63, 3.8) is 0 Å². The van der Waals surface area contributed by atoms with Crippen molar-refractivity contribution in [2.24, 2.45) is 0 Å². The van der Waals surface area contributed by atoms with Gasteiger partial charge in [0, 0.05) is 38.4 Å². The summed E-state index contributed by atoms with van der Waals surface area (Å²) in [6.07, 6.45) is 4.39. The lowest BCUT2D eigenvalue weighted by molar-refractivity contribution is -0.117. The number of aryl methyl sites for hydroxylation is 1. The Morgan fingerprint density at radius 2 is 1.62 bits per heavy atom. The minimum atomic E-state index is 0.0614. The van der Waals surface area contributed by atoms with Crippen molar-refractivity contribution in [1.29, 1.82) is 0 Å². The number of carbonyl (C=O) groups is 1. The van der Waals surface area contributed by atoms with Crippen LogP contribution < -0.4 is 5.32 Å². The van der Waals surface area contributed by atoms with E-state index in [-0.39, 0.29) is 5.91 Å². The molecule has 1 fully saturated rings. The number of hydrogen-bond donors (Lipinski definition) is 1. The normalized spacial score (nSPS) is 16.0. The lowest BCUT2D eigenvalue weighted by Crippen LogP contribution is -2.48. The van der Waals surface area contributed by atoms with Gasteiger partial charge in [-0.25, -0.2) is 0 Å². The van der Waals surface area contributed by atoms with E-state index in [0.29, 0.717) is 6.54 Å². The predicted molar refractivity (Wildman–Crippen MR) is 108 cm³/mol. The van der Waals surface area contributed by atoms with E-state index in [2.05, 4.69) is 51.5 Å². The Balaban J connectivity index is 1.37. The first kappa shape index (κ1) is 18.4. The predicted octanol–water partition coefficient (Wildman–Crippen LogP) is 3.26. The van der Waals surface area contributed by atoms with Crippen LogP contribution in [0.5, 0.6) is 0 Å². The van der Waals surface area contributed by atoms with Gasteiger partial charge in [-0.05, 0) is 24.6 Å². The Hall–Kier alpha value is -2.43. The SMILES string of the molecule is Cc1ccc(NC(=O)CN2CCN(C/C=C/c3ccccc3)CC2)cc1. The summed E-state index contributed by atoms with van der Waals surface area (Å²) in [5, 5.41) is 2.97. The van der Waals surface area contributed by atoms with Crippen molar-refractivity contribution < 1.29 is 4.79 Å². The molecular formula is C22H27N3O. The van der Waals surface area contributed by atoms with Crippen molar-refractivity contribution in [3.05, 3.63) is 71.8 Å². The Bertz CT molecular complexity index is 717. The van der Waals surface area contributed by atoms with Gasteiger partial charge in [0.2, 0.25) is 5.91 Å². The van der Waals surface area contributed by atoms with Crippen LogP contribution in [0.1, 0.15) is 11.1 Å². The number of piperazine rings is 1. The molecule has 4 nitrogen and oxygen atoms in total. The van der Waals surface area contributed by atoms with Crippen molar-refractivity contribution in [1.82, 2.24) is 9.80 Å². The number of nitrogens with zero attached hydrogens (tertiary/aromatic N) is 2. The Morgan fingerprint density at radius 1 is 0.962 bits per heavy atom. The molecule has 2 aromatic rings. The smallest absolute Gasteiger partial charge is 0.238 e. The number of carbonyl (C=O) groups excluding carboxylic acids is 1. The van der Waals surface area contributed by atoms with Crippen LogP contribution in [0.4, 0.5) is 5.69 Å². The van der Waals surface area contributed by atoms with Crippen LogP contribution in [-0.2, 0) is 4.79 Å². The number of amides is 1. The zero-order valence-corrected chi connectivity index (χ0v) is 15.4. The molecule has 2 aromatic carbocycles. The second kappa shape index (κ2) is 9.32. The molecule has 136 valence electrons. The first-order valence-electron chi connectivity index (χ1n) is 9.22. The maximum Gasteiger partial charge on any atom is 0.238 e. The van der Waals surface area contributed by atoms with Gasteiger partial charge in [-0.1, -0.05) is 60.2 Å². The van der Waals surface area contributed by atoms with Crippen LogP contribution in [0.2, 0.25) is 0 Å². The van der Waals surface area contributed by atoms with Gasteiger partial charge in [-0.2, -0.15) is 0 Å². The number of anilines is 1. The Labute approximate surface area is 156 Å². The van der Waals surface area contributed by atoms with Crippen molar-refractivity contribution in [2.75, 3.05) is 44.6 Å². The van der Waals surface area contributed by atoms with E-state index in [1.807, 2.05) is 37.3 Å². The quantitative estimate of drug-likeness (QED) is 0.869. The largest absolute Gasteiger partial charge is 0.325 e. The van der Waals surface area contributed by atoms with Crippen LogP contribution >= 0.6 is 0 Å². The first-order valence-corrected chi connectivity index (χ1v) is 9.22. The molecule has 0 atom stereocenters. The average molecular weight is 349 g/mol. The molecule has 0 aliphatic carbocycles. The molecule has 0 aromatic heterocycles. The summed E-state index contributed by atoms with van der Waals surface area (Å²) in [4.78, 5) is 16.8. The fraction of sp³-hybridized carbons (Fsp3) is 0.318. The second-order valence-corrected chi connectivity index (χ2v) is 6.80. The molecule has 0 unspecified atom stereocenters. The lowest BCUT2D eigenvalue weighted by Gasteiger charge is -2.33. The second-order valence-electron chi connectivity index (χ2n) is 6.80. The van der Waals surface area contributed by atoms with Crippen molar-refractivity contribution in [3.8, 4) is 0 Å². The highest BCUT2D eigenvalue weighted by Crippen LogP contribution is 2.09. The van der Waals surface area contributed by atoms with Crippen LogP contribution in [-0.4, -0.2) is 55.0 Å². The summed E-state index contributed by atoms with van der Waals surface area (Å²) >= 11 is 0. The molecular weight excluding hydrogens is 322 g/mol. The maximum absolute atomic E-state index is 12.2. The van der Waals surface area contributed by atoms with Gasteiger partial charge in [-0.3, -0.25) is 14.6 Å². The molecule has 0 radical (unpaired) electrons. The van der Waals surface area contributed by atoms with Gasteiger partial charge in [-0.15, -0.1) is 0 Å². The van der Waals surface area contributed by atoms with E-state index >= 15 is 0 Å². The highest BCUT2D eigenvalue weighted by molar-refractivity contribution is 5.92. The van der Waals surface area contributed by atoms with Gasteiger partial charge in [0.1, 0.15) is 0 Å². The first-order chi connectivity index (χ1) is 12.7. The molecule has 26 heavy (non-hydrogen) atoms. The van der Waals surface area contributed by atoms with Gasteiger partial charge >= 0.3 is 0 Å². The number of nitrogens with one attached hydrogen (secondary N) is 1. The maximum atomic E-state index is 12.2. The fourth-order valence-electron chi connectivity index (χ4n) is 3.07. The van der Waals surface area contributed by atoms with E-state index < -0.39 is 0 Å². The van der Waals surface area contributed by atoms with Gasteiger partial charge in [0.25, 0.3) is 0 Å². The van der Waals surface area contributed by atoms with E-state index in [1.54, 1.807) is 0 Å². The van der Waals surface area contributed by atoms with E-state index in [9.17, 15) is 4.79 Å². The molecule has 3 rings (SSSR count). The molecule has 0 spiro atoms. The number of hydrogen-bond acceptors (Lipinski definition) is 3. The number of rotatable bonds is 6. The van der Waals surface area contributed by atoms with E-state index in [4.69, 9.17) is 0 Å². The van der Waals surface area contributed by atoms with Crippen LogP contribution in [0, 0.1) is 6.92 Å². The third-order valence-corrected chi connectivity index (χ3v) is 4.64. The van der Waals surface area contributed by atoms with Crippen LogP contribution in [0.3, 0.4) is 0 Å². The van der Waals surface area contributed by atoms with Crippen molar-refractivity contribution in [2.45, 2.75) is 6.92 Å². The highest BCUT2D eigenvalue weighted by Gasteiger charge is 2.18. The molecule has 0 bridgehead atoms. The van der Waals surface area contributed by atoms with Gasteiger partial charge in [0.15, 0.2) is 0 Å². The zero-order valence-electron chi connectivity index (χ0n) is 15.4. The summed E-state index contributed by atoms with van der Waals surface area (Å²) < 4.78 is 0. The van der Waals surface area contributed by atoms with Gasteiger partial charge in [0.05, 0.1) is 6.54 Å². The monoisotopic (exact) mass is 349 g/mol. The minimum absolute atomic E-state index is 0.0614. The van der Waals surface area contributed by atoms with Gasteiger partial charge < -0.3 is 5.32 Å². The standard InChI is InChI=1S/C22H27N3O/c1-19-9-11-21(12-10-19)23-22(26)18-25-16-14-24(15-17-25)13-5-8-20-6-3-2-4-7-20/h2-12H,13-18H2,1H3,(H,23,26)/b8-5+. The van der Waals surface area contributed by atoms with Crippen molar-refractivity contribution >= 4 is 17.7 Å². The molecule has 1 N–H and O–H groups in total. The fourth-order valence-corrected chi connectivity index (χ4v) is 3.07. The highest BCUT2D eigenvalue weighted by atomic mass is 16.2. The summed E-state index contributed by atoms with van der Waals surface area (Å²) in [6.45, 7) is 7.31. The summed E-state index contributed by atoms with van der Waals surface area (Å²) in [5.74, 6) is 0.0614. The lowest BCUT2D eigenvalue weighted by atomic mass is 10.2. The average Bonchev–Trinajstić information content (AvgIpc) is 2.66. The number of benzene rings is 2. The Morgan fingerprint density at radius 3 is 2.31 bits per heavy atom. The van der Waals surface area contributed by atoms with E-state index in [0.717, 1.165) is 38.4 Å².